The molecule has 2 amide bonds. The average Bonchev–Trinajstić information content (AvgIpc) is 2.91. The zero-order chi connectivity index (χ0) is 28.7. The van der Waals surface area contributed by atoms with Crippen molar-refractivity contribution < 1.29 is 18.0 Å². The number of rotatable bonds is 11. The summed E-state index contributed by atoms with van der Waals surface area (Å²) in [6.07, 6.45) is 0.749. The maximum absolute atomic E-state index is 13.9. The summed E-state index contributed by atoms with van der Waals surface area (Å²) < 4.78 is 29.7. The highest BCUT2D eigenvalue weighted by Crippen LogP contribution is 2.27. The van der Waals surface area contributed by atoms with E-state index < -0.39 is 28.5 Å². The van der Waals surface area contributed by atoms with E-state index in [4.69, 9.17) is 11.6 Å². The smallest absolute Gasteiger partial charge is 0.264 e. The van der Waals surface area contributed by atoms with Gasteiger partial charge in [-0.15, -0.1) is 0 Å². The van der Waals surface area contributed by atoms with E-state index in [-0.39, 0.29) is 17.3 Å². The highest BCUT2D eigenvalue weighted by atomic mass is 79.9. The number of aryl methyl sites for hydroxylation is 2. The molecule has 0 saturated carbocycles. The van der Waals surface area contributed by atoms with Gasteiger partial charge in [-0.1, -0.05) is 52.7 Å². The lowest BCUT2D eigenvalue weighted by atomic mass is 10.1. The maximum atomic E-state index is 13.9. The third kappa shape index (κ3) is 7.84. The van der Waals surface area contributed by atoms with Gasteiger partial charge in [0.05, 0.1) is 10.6 Å². The number of halogens is 2. The lowest BCUT2D eigenvalue weighted by molar-refractivity contribution is -0.139. The second-order valence-corrected chi connectivity index (χ2v) is 12.6. The number of nitrogens with one attached hydrogen (secondary N) is 1. The van der Waals surface area contributed by atoms with E-state index in [1.54, 1.807) is 19.1 Å². The van der Waals surface area contributed by atoms with Crippen LogP contribution in [-0.4, -0.2) is 44.3 Å². The molecule has 1 atom stereocenters. The molecule has 208 valence electrons. The first-order valence-corrected chi connectivity index (χ1v) is 15.2. The van der Waals surface area contributed by atoms with E-state index in [1.165, 1.54) is 29.2 Å². The molecule has 3 aromatic rings. The van der Waals surface area contributed by atoms with Crippen molar-refractivity contribution in [1.29, 1.82) is 0 Å². The number of benzene rings is 3. The van der Waals surface area contributed by atoms with Crippen LogP contribution in [0.2, 0.25) is 5.02 Å². The first-order chi connectivity index (χ1) is 18.4. The Labute approximate surface area is 244 Å². The molecular formula is C29H33BrClN3O4S. The number of hydrogen-bond donors (Lipinski definition) is 1. The van der Waals surface area contributed by atoms with Gasteiger partial charge in [0.15, 0.2) is 0 Å². The van der Waals surface area contributed by atoms with E-state index in [1.807, 2.05) is 51.1 Å². The molecule has 3 rings (SSSR count). The number of hydrogen-bond acceptors (Lipinski definition) is 4. The van der Waals surface area contributed by atoms with Crippen molar-refractivity contribution in [1.82, 2.24) is 10.2 Å². The molecule has 0 radical (unpaired) electrons. The summed E-state index contributed by atoms with van der Waals surface area (Å²) in [6, 6.07) is 17.6. The Kier molecular flexibility index (Phi) is 10.6. The number of carbonyl (C=O) groups is 2. The van der Waals surface area contributed by atoms with Crippen LogP contribution in [0.25, 0.3) is 0 Å². The van der Waals surface area contributed by atoms with Crippen LogP contribution >= 0.6 is 27.5 Å². The highest BCUT2D eigenvalue weighted by molar-refractivity contribution is 9.10. The zero-order valence-corrected chi connectivity index (χ0v) is 25.6. The van der Waals surface area contributed by atoms with Crippen LogP contribution in [0.3, 0.4) is 0 Å². The molecule has 7 nitrogen and oxygen atoms in total. The fourth-order valence-electron chi connectivity index (χ4n) is 3.91. The number of sulfonamides is 1. The number of amides is 2. The topological polar surface area (TPSA) is 86.8 Å². The Morgan fingerprint density at radius 2 is 1.62 bits per heavy atom. The Morgan fingerprint density at radius 3 is 2.21 bits per heavy atom. The van der Waals surface area contributed by atoms with Gasteiger partial charge in [-0.3, -0.25) is 13.9 Å². The van der Waals surface area contributed by atoms with Crippen molar-refractivity contribution in [2.75, 3.05) is 17.4 Å². The second-order valence-electron chi connectivity index (χ2n) is 9.35. The fourth-order valence-corrected chi connectivity index (χ4v) is 5.70. The molecule has 0 spiro atoms. The second kappa shape index (κ2) is 13.5. The number of anilines is 1. The van der Waals surface area contributed by atoms with Gasteiger partial charge in [-0.2, -0.15) is 0 Å². The number of nitrogens with zero attached hydrogens (tertiary/aromatic N) is 2. The Balaban J connectivity index is 2.04. The van der Waals surface area contributed by atoms with Gasteiger partial charge in [0.2, 0.25) is 11.8 Å². The Morgan fingerprint density at radius 1 is 0.974 bits per heavy atom. The molecular weight excluding hydrogens is 602 g/mol. The number of carbonyl (C=O) groups excluding carboxylic acids is 2. The van der Waals surface area contributed by atoms with Gasteiger partial charge in [0, 0.05) is 22.6 Å². The molecule has 0 aliphatic rings. The summed E-state index contributed by atoms with van der Waals surface area (Å²) in [5, 5.41) is 3.24. The summed E-state index contributed by atoms with van der Waals surface area (Å²) in [5.41, 5.74) is 3.04. The van der Waals surface area contributed by atoms with Crippen molar-refractivity contribution in [2.24, 2.45) is 0 Å². The van der Waals surface area contributed by atoms with Crippen molar-refractivity contribution in [2.45, 2.75) is 51.6 Å². The van der Waals surface area contributed by atoms with Crippen LogP contribution in [-0.2, 0) is 26.2 Å². The van der Waals surface area contributed by atoms with Gasteiger partial charge >= 0.3 is 0 Å². The standard InChI is InChI=1S/C29H33BrClN3O4S/c1-5-16-32-29(36)22(4)33(18-23-7-9-24(30)10-8-23)28(35)19-34(26-13-6-20(2)21(3)17-26)39(37,38)27-14-11-25(31)12-15-27/h6-15,17,22H,5,16,18-19H2,1-4H3,(H,32,36). The minimum absolute atomic E-state index is 0.00567. The Bertz CT molecular complexity index is 1410. The SMILES string of the molecule is CCCNC(=O)C(C)N(Cc1ccc(Br)cc1)C(=O)CN(c1ccc(C)c(C)c1)S(=O)(=O)c1ccc(Cl)cc1. The Hall–Kier alpha value is -2.88. The quantitative estimate of drug-likeness (QED) is 0.286. The maximum Gasteiger partial charge on any atom is 0.264 e. The van der Waals surface area contributed by atoms with Crippen LogP contribution in [0.5, 0.6) is 0 Å². The monoisotopic (exact) mass is 633 g/mol. The van der Waals surface area contributed by atoms with Gasteiger partial charge in [-0.05, 0) is 92.4 Å². The largest absolute Gasteiger partial charge is 0.354 e. The molecule has 0 aliphatic carbocycles. The molecule has 0 aromatic heterocycles. The van der Waals surface area contributed by atoms with Crippen LogP contribution in [0.1, 0.15) is 37.0 Å². The molecule has 1 N–H and O–H groups in total. The summed E-state index contributed by atoms with van der Waals surface area (Å²) in [6.45, 7) is 7.52. The molecule has 0 bridgehead atoms. The van der Waals surface area contributed by atoms with Gasteiger partial charge in [0.25, 0.3) is 10.0 Å². The summed E-state index contributed by atoms with van der Waals surface area (Å²) in [5.74, 6) is -0.812. The van der Waals surface area contributed by atoms with Crippen LogP contribution in [0.15, 0.2) is 76.1 Å². The highest BCUT2D eigenvalue weighted by Gasteiger charge is 2.32. The van der Waals surface area contributed by atoms with E-state index >= 15 is 0 Å². The predicted octanol–water partition coefficient (Wildman–Crippen LogP) is 5.86. The van der Waals surface area contributed by atoms with Crippen molar-refractivity contribution >= 4 is 55.1 Å². The van der Waals surface area contributed by atoms with E-state index in [9.17, 15) is 18.0 Å². The van der Waals surface area contributed by atoms with Crippen LogP contribution in [0.4, 0.5) is 5.69 Å². The average molecular weight is 635 g/mol. The molecule has 3 aromatic carbocycles. The molecule has 39 heavy (non-hydrogen) atoms. The minimum Gasteiger partial charge on any atom is -0.354 e. The summed E-state index contributed by atoms with van der Waals surface area (Å²) >= 11 is 9.41. The van der Waals surface area contributed by atoms with Crippen LogP contribution < -0.4 is 9.62 Å². The molecule has 0 saturated heterocycles. The summed E-state index contributed by atoms with van der Waals surface area (Å²) in [7, 11) is -4.15. The predicted molar refractivity (Wildman–Crippen MR) is 159 cm³/mol. The first kappa shape index (κ1) is 30.7. The van der Waals surface area contributed by atoms with Crippen molar-refractivity contribution in [3.63, 3.8) is 0 Å². The molecule has 0 heterocycles. The normalized spacial score (nSPS) is 12.1. The molecule has 10 heteroatoms. The first-order valence-electron chi connectivity index (χ1n) is 12.6. The van der Waals surface area contributed by atoms with Crippen molar-refractivity contribution in [3.8, 4) is 0 Å². The van der Waals surface area contributed by atoms with E-state index in [0.29, 0.717) is 17.3 Å². The molecule has 1 unspecified atom stereocenters. The third-order valence-corrected chi connectivity index (χ3v) is 9.01. The molecule has 0 fully saturated rings. The van der Waals surface area contributed by atoms with Gasteiger partial charge in [0.1, 0.15) is 12.6 Å². The van der Waals surface area contributed by atoms with E-state index in [2.05, 4.69) is 21.2 Å². The zero-order valence-electron chi connectivity index (χ0n) is 22.4. The lowest BCUT2D eigenvalue weighted by Gasteiger charge is -2.32. The fraction of sp³-hybridized carbons (Fsp3) is 0.310. The van der Waals surface area contributed by atoms with Gasteiger partial charge in [-0.25, -0.2) is 8.42 Å². The molecule has 0 aliphatic heterocycles. The van der Waals surface area contributed by atoms with E-state index in [0.717, 1.165) is 31.9 Å². The third-order valence-electron chi connectivity index (χ3n) is 6.44. The minimum atomic E-state index is -4.15. The summed E-state index contributed by atoms with van der Waals surface area (Å²) in [4.78, 5) is 28.3. The van der Waals surface area contributed by atoms with Gasteiger partial charge < -0.3 is 10.2 Å². The lowest BCUT2D eigenvalue weighted by Crippen LogP contribution is -2.51. The van der Waals surface area contributed by atoms with Crippen LogP contribution in [0, 0.1) is 13.8 Å². The van der Waals surface area contributed by atoms with Crippen molar-refractivity contribution in [3.05, 3.63) is 92.9 Å².